The number of fused-ring (bicyclic) bond motifs is 1. The Kier molecular flexibility index (Phi) is 2.97. The standard InChI is InChI=1S/C16H12FNO/c17-13-7-1-5-12(10-13)16(19)14-8-2-4-11-6-3-9-18-15(11)14/h1-10,16,19H. The van der Waals surface area contributed by atoms with Gasteiger partial charge in [0.15, 0.2) is 0 Å². The van der Waals surface area contributed by atoms with Crippen molar-refractivity contribution in [2.45, 2.75) is 6.10 Å². The van der Waals surface area contributed by atoms with E-state index in [0.717, 1.165) is 10.9 Å². The van der Waals surface area contributed by atoms with Gasteiger partial charge in [-0.25, -0.2) is 4.39 Å². The molecule has 0 bridgehead atoms. The summed E-state index contributed by atoms with van der Waals surface area (Å²) in [5, 5.41) is 11.4. The van der Waals surface area contributed by atoms with E-state index >= 15 is 0 Å². The van der Waals surface area contributed by atoms with Crippen LogP contribution in [0.5, 0.6) is 0 Å². The lowest BCUT2D eigenvalue weighted by Gasteiger charge is -2.13. The highest BCUT2D eigenvalue weighted by molar-refractivity contribution is 5.82. The molecular weight excluding hydrogens is 241 g/mol. The Balaban J connectivity index is 2.14. The van der Waals surface area contributed by atoms with Crippen LogP contribution in [0.1, 0.15) is 17.2 Å². The highest BCUT2D eigenvalue weighted by atomic mass is 19.1. The molecule has 2 nitrogen and oxygen atoms in total. The molecule has 1 N–H and O–H groups in total. The number of aliphatic hydroxyl groups excluding tert-OH is 1. The van der Waals surface area contributed by atoms with Crippen molar-refractivity contribution in [2.75, 3.05) is 0 Å². The third-order valence-corrected chi connectivity index (χ3v) is 3.12. The van der Waals surface area contributed by atoms with Gasteiger partial charge in [-0.3, -0.25) is 4.98 Å². The van der Waals surface area contributed by atoms with Crippen LogP contribution >= 0.6 is 0 Å². The van der Waals surface area contributed by atoms with Crippen LogP contribution in [0.4, 0.5) is 4.39 Å². The van der Waals surface area contributed by atoms with Gasteiger partial charge in [0.05, 0.1) is 5.52 Å². The maximum Gasteiger partial charge on any atom is 0.123 e. The predicted molar refractivity (Wildman–Crippen MR) is 72.2 cm³/mol. The maximum atomic E-state index is 13.2. The molecule has 1 heterocycles. The van der Waals surface area contributed by atoms with Crippen LogP contribution in [-0.2, 0) is 0 Å². The number of hydrogen-bond donors (Lipinski definition) is 1. The number of nitrogens with zero attached hydrogens (tertiary/aromatic N) is 1. The van der Waals surface area contributed by atoms with Gasteiger partial charge < -0.3 is 5.11 Å². The quantitative estimate of drug-likeness (QED) is 0.758. The van der Waals surface area contributed by atoms with Gasteiger partial charge in [-0.2, -0.15) is 0 Å². The molecule has 0 saturated heterocycles. The van der Waals surface area contributed by atoms with Gasteiger partial charge in [-0.15, -0.1) is 0 Å². The molecule has 1 atom stereocenters. The Morgan fingerprint density at radius 2 is 1.79 bits per heavy atom. The molecule has 0 radical (unpaired) electrons. The van der Waals surface area contributed by atoms with E-state index in [1.165, 1.54) is 12.1 Å². The van der Waals surface area contributed by atoms with Gasteiger partial charge in [-0.1, -0.05) is 36.4 Å². The number of rotatable bonds is 2. The van der Waals surface area contributed by atoms with Crippen molar-refractivity contribution < 1.29 is 9.50 Å². The third-order valence-electron chi connectivity index (χ3n) is 3.12. The van der Waals surface area contributed by atoms with Crippen molar-refractivity contribution in [3.8, 4) is 0 Å². The summed E-state index contributed by atoms with van der Waals surface area (Å²) in [5.74, 6) is -0.357. The van der Waals surface area contributed by atoms with E-state index in [2.05, 4.69) is 4.98 Å². The number of pyridine rings is 1. The number of aliphatic hydroxyl groups is 1. The van der Waals surface area contributed by atoms with Gasteiger partial charge in [0.1, 0.15) is 11.9 Å². The zero-order chi connectivity index (χ0) is 13.2. The molecule has 0 amide bonds. The summed E-state index contributed by atoms with van der Waals surface area (Å²) in [6, 6.07) is 15.4. The van der Waals surface area contributed by atoms with Gasteiger partial charge in [0, 0.05) is 17.1 Å². The van der Waals surface area contributed by atoms with Crippen LogP contribution in [0.2, 0.25) is 0 Å². The lowest BCUT2D eigenvalue weighted by Crippen LogP contribution is -2.01. The van der Waals surface area contributed by atoms with E-state index in [1.807, 2.05) is 30.3 Å². The van der Waals surface area contributed by atoms with Crippen molar-refractivity contribution in [3.05, 3.63) is 77.7 Å². The fourth-order valence-corrected chi connectivity index (χ4v) is 2.20. The first kappa shape index (κ1) is 11.8. The second-order valence-electron chi connectivity index (χ2n) is 4.38. The molecule has 0 fully saturated rings. The monoisotopic (exact) mass is 253 g/mol. The summed E-state index contributed by atoms with van der Waals surface area (Å²) in [5.41, 5.74) is 1.95. The first-order valence-corrected chi connectivity index (χ1v) is 6.03. The highest BCUT2D eigenvalue weighted by Gasteiger charge is 2.14. The van der Waals surface area contributed by atoms with E-state index in [0.29, 0.717) is 11.1 Å². The third kappa shape index (κ3) is 2.20. The minimum Gasteiger partial charge on any atom is -0.384 e. The van der Waals surface area contributed by atoms with Crippen molar-refractivity contribution in [1.82, 2.24) is 4.98 Å². The molecule has 0 spiro atoms. The van der Waals surface area contributed by atoms with Gasteiger partial charge >= 0.3 is 0 Å². The van der Waals surface area contributed by atoms with Gasteiger partial charge in [0.25, 0.3) is 0 Å². The predicted octanol–water partition coefficient (Wildman–Crippen LogP) is 3.46. The van der Waals surface area contributed by atoms with E-state index in [9.17, 15) is 9.50 Å². The van der Waals surface area contributed by atoms with E-state index in [1.54, 1.807) is 18.3 Å². The molecular formula is C16H12FNO. The minimum atomic E-state index is -0.880. The minimum absolute atomic E-state index is 0.357. The van der Waals surface area contributed by atoms with Crippen molar-refractivity contribution >= 4 is 10.9 Å². The van der Waals surface area contributed by atoms with Crippen LogP contribution in [0.15, 0.2) is 60.8 Å². The Bertz CT molecular complexity index is 721. The molecule has 0 saturated carbocycles. The molecule has 3 rings (SSSR count). The topological polar surface area (TPSA) is 33.1 Å². The normalized spacial score (nSPS) is 12.5. The molecule has 0 aliphatic heterocycles. The molecule has 94 valence electrons. The van der Waals surface area contributed by atoms with E-state index in [-0.39, 0.29) is 5.82 Å². The Hall–Kier alpha value is -2.26. The zero-order valence-corrected chi connectivity index (χ0v) is 10.1. The Morgan fingerprint density at radius 3 is 2.63 bits per heavy atom. The average Bonchev–Trinajstić information content (AvgIpc) is 2.46. The summed E-state index contributed by atoms with van der Waals surface area (Å²) >= 11 is 0. The Labute approximate surface area is 110 Å². The smallest absolute Gasteiger partial charge is 0.123 e. The second-order valence-corrected chi connectivity index (χ2v) is 4.38. The lowest BCUT2D eigenvalue weighted by molar-refractivity contribution is 0.221. The summed E-state index contributed by atoms with van der Waals surface area (Å²) < 4.78 is 13.2. The first-order valence-electron chi connectivity index (χ1n) is 6.03. The van der Waals surface area contributed by atoms with Gasteiger partial charge in [0.2, 0.25) is 0 Å². The summed E-state index contributed by atoms with van der Waals surface area (Å²) in [7, 11) is 0. The largest absolute Gasteiger partial charge is 0.384 e. The Morgan fingerprint density at radius 1 is 1.00 bits per heavy atom. The lowest BCUT2D eigenvalue weighted by atomic mass is 9.99. The number of hydrogen-bond acceptors (Lipinski definition) is 2. The van der Waals surface area contributed by atoms with Crippen LogP contribution in [0.3, 0.4) is 0 Å². The summed E-state index contributed by atoms with van der Waals surface area (Å²) in [6.07, 6.45) is 0.804. The van der Waals surface area contributed by atoms with Crippen molar-refractivity contribution in [1.29, 1.82) is 0 Å². The van der Waals surface area contributed by atoms with Crippen LogP contribution in [0.25, 0.3) is 10.9 Å². The second kappa shape index (κ2) is 4.78. The molecule has 1 aromatic heterocycles. The average molecular weight is 253 g/mol. The number of benzene rings is 2. The highest BCUT2D eigenvalue weighted by Crippen LogP contribution is 2.27. The summed E-state index contributed by atoms with van der Waals surface area (Å²) in [4.78, 5) is 4.30. The van der Waals surface area contributed by atoms with Crippen LogP contribution in [-0.4, -0.2) is 10.1 Å². The molecule has 3 heteroatoms. The van der Waals surface area contributed by atoms with Gasteiger partial charge in [-0.05, 0) is 23.8 Å². The van der Waals surface area contributed by atoms with E-state index in [4.69, 9.17) is 0 Å². The van der Waals surface area contributed by atoms with Crippen LogP contribution < -0.4 is 0 Å². The van der Waals surface area contributed by atoms with Crippen LogP contribution in [0, 0.1) is 5.82 Å². The number of halogens is 1. The fourth-order valence-electron chi connectivity index (χ4n) is 2.20. The molecule has 2 aromatic carbocycles. The fraction of sp³-hybridized carbons (Fsp3) is 0.0625. The van der Waals surface area contributed by atoms with E-state index < -0.39 is 6.10 Å². The first-order chi connectivity index (χ1) is 9.25. The van der Waals surface area contributed by atoms with Crippen molar-refractivity contribution in [2.24, 2.45) is 0 Å². The van der Waals surface area contributed by atoms with Crippen molar-refractivity contribution in [3.63, 3.8) is 0 Å². The molecule has 1 unspecified atom stereocenters. The summed E-state index contributed by atoms with van der Waals surface area (Å²) in [6.45, 7) is 0. The molecule has 0 aliphatic carbocycles. The zero-order valence-electron chi connectivity index (χ0n) is 10.1. The SMILES string of the molecule is OC(c1cccc(F)c1)c1cccc2cccnc12. The number of aromatic nitrogens is 1. The number of para-hydroxylation sites is 1. The molecule has 3 aromatic rings. The molecule has 0 aliphatic rings. The maximum absolute atomic E-state index is 13.2. The molecule has 19 heavy (non-hydrogen) atoms.